The second-order valence-corrected chi connectivity index (χ2v) is 5.58. The van der Waals surface area contributed by atoms with Crippen LogP contribution in [0.25, 0.3) is 0 Å². The van der Waals surface area contributed by atoms with Crippen molar-refractivity contribution in [3.05, 3.63) is 0 Å². The summed E-state index contributed by atoms with van der Waals surface area (Å²) in [7, 11) is 0. The van der Waals surface area contributed by atoms with Crippen LogP contribution in [0.2, 0.25) is 0 Å². The third-order valence-electron chi connectivity index (χ3n) is 3.36. The van der Waals surface area contributed by atoms with Crippen LogP contribution in [-0.2, 0) is 36.0 Å². The van der Waals surface area contributed by atoms with Gasteiger partial charge in [0.15, 0.2) is 0 Å². The molecule has 0 aliphatic heterocycles. The van der Waals surface area contributed by atoms with Gasteiger partial charge in [0.2, 0.25) is 0 Å². The molecule has 1 rings (SSSR count). The molecular weight excluding hydrogens is 429 g/mol. The number of carboxylic acids is 4. The predicted molar refractivity (Wildman–Crippen MR) is 86.8 cm³/mol. The van der Waals surface area contributed by atoms with E-state index in [4.69, 9.17) is 0 Å². The van der Waals surface area contributed by atoms with E-state index in [0.29, 0.717) is 0 Å². The third kappa shape index (κ3) is 22.5. The van der Waals surface area contributed by atoms with Gasteiger partial charge < -0.3 is 50.2 Å². The molecule has 1 radical (unpaired) electrons. The second-order valence-electron chi connectivity index (χ2n) is 5.58. The van der Waals surface area contributed by atoms with Gasteiger partial charge in [0.05, 0.1) is 23.9 Å². The van der Waals surface area contributed by atoms with Crippen molar-refractivity contribution in [1.29, 1.82) is 0 Å². The maximum absolute atomic E-state index is 10.4. The monoisotopic (exact) mass is 454 g/mol. The molecule has 27 heavy (non-hydrogen) atoms. The molecule has 0 heterocycles. The van der Waals surface area contributed by atoms with Crippen LogP contribution in [0.1, 0.15) is 38.5 Å². The fourth-order valence-electron chi connectivity index (χ4n) is 2.49. The van der Waals surface area contributed by atoms with Crippen molar-refractivity contribution in [3.8, 4) is 0 Å². The molecule has 1 aliphatic rings. The van der Waals surface area contributed by atoms with Crippen molar-refractivity contribution in [2.24, 2.45) is 0 Å². The number of carbonyl (C=O) groups excluding carboxylic acids is 4. The molecule has 0 spiro atoms. The molecule has 0 bridgehead atoms. The summed E-state index contributed by atoms with van der Waals surface area (Å²) in [5.74, 6) is -7.19. The zero-order valence-electron chi connectivity index (χ0n) is 13.8. The molecule has 0 aromatic rings. The standard InChI is InChI=1S/C8H11NO8.C6H12.Co.H3N.2Na.2H/c10-5(11)1-9(2-6(12)13,3-7(14)15)4-8(16)17;1-2-4-6-5-3-1;;;;;;/h1-4H2,(H3-,10,11,12,13,14,15,16,17);1-6H2;;1H3;;;;/p-3. The van der Waals surface area contributed by atoms with Gasteiger partial charge in [-0.15, -0.1) is 0 Å². The first kappa shape index (κ1) is 38.0. The summed E-state index contributed by atoms with van der Waals surface area (Å²) in [5.41, 5.74) is 0. The molecule has 0 unspecified atom stereocenters. The molecule has 0 atom stereocenters. The average Bonchev–Trinajstić information content (AvgIpc) is 2.37. The quantitative estimate of drug-likeness (QED) is 0.274. The first-order chi connectivity index (χ1) is 10.7. The zero-order chi connectivity index (χ0) is 17.9. The normalized spacial score (nSPS) is 12.1. The number of carbonyl (C=O) groups is 4. The Kier molecular flexibility index (Phi) is 29.6. The summed E-state index contributed by atoms with van der Waals surface area (Å²) in [6.07, 6.45) is 9.00. The summed E-state index contributed by atoms with van der Waals surface area (Å²) >= 11 is 0. The second kappa shape index (κ2) is 21.0. The van der Waals surface area contributed by atoms with Crippen LogP contribution < -0.4 is 26.6 Å². The van der Waals surface area contributed by atoms with Crippen molar-refractivity contribution in [2.45, 2.75) is 38.5 Å². The molecule has 0 amide bonds. The molecule has 1 saturated carbocycles. The van der Waals surface area contributed by atoms with E-state index in [2.05, 4.69) is 0 Å². The summed E-state index contributed by atoms with van der Waals surface area (Å²) in [6, 6.07) is 0. The molecule has 1 fully saturated rings. The van der Waals surface area contributed by atoms with E-state index in [0.717, 1.165) is 0 Å². The van der Waals surface area contributed by atoms with Gasteiger partial charge in [-0.1, -0.05) is 38.5 Å². The van der Waals surface area contributed by atoms with E-state index in [9.17, 15) is 39.6 Å². The summed E-state index contributed by atoms with van der Waals surface area (Å²) in [4.78, 5) is 41.6. The number of hydrogen-bond acceptors (Lipinski definition) is 9. The van der Waals surface area contributed by atoms with Gasteiger partial charge in [0.1, 0.15) is 26.2 Å². The minimum absolute atomic E-state index is 0. The van der Waals surface area contributed by atoms with Gasteiger partial charge in [0.25, 0.3) is 0 Å². The number of quaternary nitrogens is 1. The summed E-state index contributed by atoms with van der Waals surface area (Å²) in [6.45, 7) is -4.46. The van der Waals surface area contributed by atoms with Crippen molar-refractivity contribution in [3.63, 3.8) is 0 Å². The van der Waals surface area contributed by atoms with E-state index in [1.165, 1.54) is 38.5 Å². The number of nitrogens with zero attached hydrogens (tertiary/aromatic N) is 1. The number of hydrogen-bond donors (Lipinski definition) is 1. The molecule has 1 aliphatic carbocycles. The molecule has 13 heteroatoms. The Morgan fingerprint density at radius 1 is 0.556 bits per heavy atom. The molecule has 0 saturated heterocycles. The molecule has 10 nitrogen and oxygen atoms in total. The molecule has 0 aromatic carbocycles. The Balaban J connectivity index is -0.000000138. The van der Waals surface area contributed by atoms with Crippen LogP contribution in [-0.4, -0.2) is 114 Å². The molecule has 3 N–H and O–H groups in total. The Hall–Kier alpha value is 0.306. The Bertz CT molecular complexity index is 370. The fourth-order valence-corrected chi connectivity index (χ4v) is 2.49. The Labute approximate surface area is 213 Å². The van der Waals surface area contributed by atoms with Crippen LogP contribution in [0.5, 0.6) is 0 Å². The minimum atomic E-state index is -1.80. The van der Waals surface area contributed by atoms with Gasteiger partial charge in [-0.05, 0) is 0 Å². The average molecular weight is 454 g/mol. The van der Waals surface area contributed by atoms with Gasteiger partial charge in [-0.2, -0.15) is 0 Å². The molecule has 0 aromatic heterocycles. The van der Waals surface area contributed by atoms with E-state index in [1.807, 2.05) is 0 Å². The third-order valence-corrected chi connectivity index (χ3v) is 3.36. The van der Waals surface area contributed by atoms with E-state index >= 15 is 0 Å². The molecule has 153 valence electrons. The zero-order valence-corrected chi connectivity index (χ0v) is 14.9. The van der Waals surface area contributed by atoms with Gasteiger partial charge in [0, 0.05) is 16.8 Å². The predicted octanol–water partition coefficient (Wildman–Crippen LogP) is -5.99. The topological polar surface area (TPSA) is 196 Å². The van der Waals surface area contributed by atoms with Crippen LogP contribution >= 0.6 is 0 Å². The van der Waals surface area contributed by atoms with Gasteiger partial charge in [-0.25, -0.2) is 0 Å². The van der Waals surface area contributed by atoms with Crippen molar-refractivity contribution >= 4 is 83.0 Å². The van der Waals surface area contributed by atoms with Gasteiger partial charge >= 0.3 is 59.1 Å². The summed E-state index contributed by atoms with van der Waals surface area (Å²) in [5, 5.41) is 41.6. The fraction of sp³-hybridized carbons (Fsp3) is 0.714. The first-order valence-corrected chi connectivity index (χ1v) is 7.31. The van der Waals surface area contributed by atoms with Crippen LogP contribution in [0.3, 0.4) is 0 Å². The van der Waals surface area contributed by atoms with Crippen LogP contribution in [0.15, 0.2) is 0 Å². The Morgan fingerprint density at radius 2 is 0.704 bits per heavy atom. The van der Waals surface area contributed by atoms with E-state index in [1.54, 1.807) is 0 Å². The van der Waals surface area contributed by atoms with Crippen molar-refractivity contribution in [2.75, 3.05) is 26.2 Å². The SMILES string of the molecule is C1CCCCC1.N.O=C([O-])C[N+](CC(=O)[O-])(CC(=O)[O-])CC(=O)[O-].[Co].[NaH].[NaH]. The number of aliphatic carboxylic acids is 4. The summed E-state index contributed by atoms with van der Waals surface area (Å²) < 4.78 is -1.32. The van der Waals surface area contributed by atoms with Gasteiger partial charge in [-0.3, -0.25) is 0 Å². The van der Waals surface area contributed by atoms with Crippen molar-refractivity contribution < 1.29 is 60.9 Å². The van der Waals surface area contributed by atoms with Crippen molar-refractivity contribution in [1.82, 2.24) is 6.15 Å². The number of rotatable bonds is 8. The maximum atomic E-state index is 10.4. The number of carboxylic acid groups (broad SMARTS) is 4. The van der Waals surface area contributed by atoms with E-state index in [-0.39, 0.29) is 82.0 Å². The molecular formula is C14H25CoN2Na2O8-3. The van der Waals surface area contributed by atoms with E-state index < -0.39 is 54.5 Å². The Morgan fingerprint density at radius 3 is 0.815 bits per heavy atom. The van der Waals surface area contributed by atoms with Crippen LogP contribution in [0, 0.1) is 0 Å². The first-order valence-electron chi connectivity index (χ1n) is 7.31. The van der Waals surface area contributed by atoms with Crippen LogP contribution in [0.4, 0.5) is 0 Å².